The lowest BCUT2D eigenvalue weighted by Crippen LogP contribution is -1.92. The van der Waals surface area contributed by atoms with E-state index in [1.165, 1.54) is 16.7 Å². The first-order valence-electron chi connectivity index (χ1n) is 4.51. The fourth-order valence-corrected chi connectivity index (χ4v) is 1.49. The molecule has 0 atom stereocenters. The molecule has 0 saturated heterocycles. The summed E-state index contributed by atoms with van der Waals surface area (Å²) in [7, 11) is 0. The largest absolute Gasteiger partial charge is 0.0622 e. The highest BCUT2D eigenvalue weighted by atomic mass is 14.0. The van der Waals surface area contributed by atoms with Crippen LogP contribution in [0.4, 0.5) is 0 Å². The number of benzene rings is 1. The average molecular weight is 161 g/mol. The van der Waals surface area contributed by atoms with E-state index in [9.17, 15) is 0 Å². The first-order valence-corrected chi connectivity index (χ1v) is 4.51. The third kappa shape index (κ3) is 2.69. The van der Waals surface area contributed by atoms with Gasteiger partial charge in [0.05, 0.1) is 0 Å². The summed E-state index contributed by atoms with van der Waals surface area (Å²) in [6, 6.07) is 6.66. The maximum Gasteiger partial charge on any atom is -0.00674 e. The second-order valence-corrected chi connectivity index (χ2v) is 3.83. The molecule has 1 aromatic carbocycles. The molecule has 0 unspecified atom stereocenters. The van der Waals surface area contributed by atoms with Gasteiger partial charge in [-0.3, -0.25) is 0 Å². The van der Waals surface area contributed by atoms with Gasteiger partial charge in [-0.1, -0.05) is 43.2 Å². The molecule has 65 valence electrons. The molecule has 0 amide bonds. The van der Waals surface area contributed by atoms with E-state index in [4.69, 9.17) is 0 Å². The fraction of sp³-hybridized carbons (Fsp3) is 0.417. The van der Waals surface area contributed by atoms with Gasteiger partial charge in [0.15, 0.2) is 0 Å². The van der Waals surface area contributed by atoms with E-state index >= 15 is 0 Å². The first-order chi connectivity index (χ1) is 5.58. The number of rotatable bonds is 2. The van der Waals surface area contributed by atoms with Crippen LogP contribution in [0.5, 0.6) is 0 Å². The molecule has 0 nitrogen and oxygen atoms in total. The van der Waals surface area contributed by atoms with Crippen LogP contribution in [0, 0.1) is 26.2 Å². The van der Waals surface area contributed by atoms with Crippen molar-refractivity contribution in [2.45, 2.75) is 27.7 Å². The minimum atomic E-state index is 0.631. The molecule has 0 heteroatoms. The van der Waals surface area contributed by atoms with Crippen LogP contribution in [0.3, 0.4) is 0 Å². The van der Waals surface area contributed by atoms with E-state index in [2.05, 4.69) is 52.3 Å². The Morgan fingerprint density at radius 2 is 1.50 bits per heavy atom. The van der Waals surface area contributed by atoms with Crippen molar-refractivity contribution in [2.75, 3.05) is 0 Å². The summed E-state index contributed by atoms with van der Waals surface area (Å²) in [5.41, 5.74) is 4.05. The Kier molecular flexibility index (Phi) is 2.91. The molecule has 0 aliphatic carbocycles. The molecule has 0 spiro atoms. The van der Waals surface area contributed by atoms with Crippen LogP contribution in [0.1, 0.15) is 30.5 Å². The van der Waals surface area contributed by atoms with Crippen molar-refractivity contribution in [3.8, 4) is 0 Å². The Morgan fingerprint density at radius 3 is 1.92 bits per heavy atom. The van der Waals surface area contributed by atoms with E-state index in [0.717, 1.165) is 0 Å². The van der Waals surface area contributed by atoms with Gasteiger partial charge in [0.2, 0.25) is 0 Å². The summed E-state index contributed by atoms with van der Waals surface area (Å²) < 4.78 is 0. The second-order valence-electron chi connectivity index (χ2n) is 3.83. The zero-order chi connectivity index (χ0) is 9.14. The monoisotopic (exact) mass is 161 g/mol. The molecular weight excluding hydrogens is 144 g/mol. The van der Waals surface area contributed by atoms with Gasteiger partial charge in [-0.15, -0.1) is 0 Å². The van der Waals surface area contributed by atoms with E-state index in [-0.39, 0.29) is 0 Å². The van der Waals surface area contributed by atoms with Gasteiger partial charge in [-0.2, -0.15) is 0 Å². The summed E-state index contributed by atoms with van der Waals surface area (Å²) in [6.07, 6.45) is 2.29. The van der Waals surface area contributed by atoms with Crippen LogP contribution < -0.4 is 0 Å². The van der Waals surface area contributed by atoms with Gasteiger partial charge in [-0.05, 0) is 31.7 Å². The number of hydrogen-bond acceptors (Lipinski definition) is 0. The minimum absolute atomic E-state index is 0.631. The zero-order valence-electron chi connectivity index (χ0n) is 8.39. The summed E-state index contributed by atoms with van der Waals surface area (Å²) in [5, 5.41) is 0. The summed E-state index contributed by atoms with van der Waals surface area (Å²) >= 11 is 0. The molecule has 0 aliphatic rings. The molecule has 0 heterocycles. The quantitative estimate of drug-likeness (QED) is 0.622. The van der Waals surface area contributed by atoms with Crippen molar-refractivity contribution >= 4 is 0 Å². The van der Waals surface area contributed by atoms with Crippen LogP contribution in [0.2, 0.25) is 0 Å². The highest BCUT2D eigenvalue weighted by molar-refractivity contribution is 5.33. The lowest BCUT2D eigenvalue weighted by Gasteiger charge is -2.06. The van der Waals surface area contributed by atoms with Gasteiger partial charge >= 0.3 is 0 Å². The van der Waals surface area contributed by atoms with Crippen molar-refractivity contribution in [2.24, 2.45) is 5.92 Å². The molecule has 0 saturated carbocycles. The topological polar surface area (TPSA) is 0 Å². The van der Waals surface area contributed by atoms with Crippen LogP contribution >= 0.6 is 0 Å². The SMILES string of the molecule is Cc1cc(C)cc([CH]C(C)C)c1. The van der Waals surface area contributed by atoms with Crippen LogP contribution in [-0.2, 0) is 0 Å². The van der Waals surface area contributed by atoms with Gasteiger partial charge in [0, 0.05) is 0 Å². The Labute approximate surface area is 75.6 Å². The van der Waals surface area contributed by atoms with Gasteiger partial charge < -0.3 is 0 Å². The Bertz CT molecular complexity index is 238. The molecule has 0 aromatic heterocycles. The van der Waals surface area contributed by atoms with Crippen LogP contribution in [0.25, 0.3) is 0 Å². The summed E-state index contributed by atoms with van der Waals surface area (Å²) in [5.74, 6) is 0.631. The van der Waals surface area contributed by atoms with E-state index < -0.39 is 0 Å². The third-order valence-corrected chi connectivity index (χ3v) is 1.77. The average Bonchev–Trinajstić information content (AvgIpc) is 1.81. The maximum atomic E-state index is 2.29. The summed E-state index contributed by atoms with van der Waals surface area (Å²) in [4.78, 5) is 0. The van der Waals surface area contributed by atoms with Gasteiger partial charge in [0.25, 0.3) is 0 Å². The molecule has 0 bridgehead atoms. The Balaban J connectivity index is 2.85. The van der Waals surface area contributed by atoms with Crippen molar-refractivity contribution in [3.05, 3.63) is 41.3 Å². The predicted molar refractivity (Wildman–Crippen MR) is 54.2 cm³/mol. The minimum Gasteiger partial charge on any atom is -0.0622 e. The zero-order valence-corrected chi connectivity index (χ0v) is 8.39. The van der Waals surface area contributed by atoms with Gasteiger partial charge in [-0.25, -0.2) is 0 Å². The second kappa shape index (κ2) is 3.75. The molecule has 0 fully saturated rings. The summed E-state index contributed by atoms with van der Waals surface area (Å²) in [6.45, 7) is 8.70. The van der Waals surface area contributed by atoms with Gasteiger partial charge in [0.1, 0.15) is 0 Å². The molecule has 1 radical (unpaired) electrons. The van der Waals surface area contributed by atoms with E-state index in [1.807, 2.05) is 0 Å². The fourth-order valence-electron chi connectivity index (χ4n) is 1.49. The number of aryl methyl sites for hydroxylation is 2. The lowest BCUT2D eigenvalue weighted by molar-refractivity contribution is 0.776. The third-order valence-electron chi connectivity index (χ3n) is 1.77. The highest BCUT2D eigenvalue weighted by Crippen LogP contribution is 2.14. The molecule has 1 rings (SSSR count). The van der Waals surface area contributed by atoms with Crippen molar-refractivity contribution in [1.82, 2.24) is 0 Å². The van der Waals surface area contributed by atoms with Crippen molar-refractivity contribution < 1.29 is 0 Å². The number of hydrogen-bond donors (Lipinski definition) is 0. The molecule has 0 aliphatic heterocycles. The Hall–Kier alpha value is -0.780. The van der Waals surface area contributed by atoms with E-state index in [1.54, 1.807) is 0 Å². The van der Waals surface area contributed by atoms with Crippen molar-refractivity contribution in [1.29, 1.82) is 0 Å². The smallest absolute Gasteiger partial charge is 0.00674 e. The standard InChI is InChI=1S/C12H17/c1-9(2)5-12-7-10(3)6-11(4)8-12/h5-9H,1-4H3. The first kappa shape index (κ1) is 9.31. The highest BCUT2D eigenvalue weighted by Gasteiger charge is 1.99. The van der Waals surface area contributed by atoms with Crippen molar-refractivity contribution in [3.63, 3.8) is 0 Å². The molecule has 1 aromatic rings. The van der Waals surface area contributed by atoms with E-state index in [0.29, 0.717) is 5.92 Å². The van der Waals surface area contributed by atoms with Crippen LogP contribution in [0.15, 0.2) is 18.2 Å². The van der Waals surface area contributed by atoms with Crippen LogP contribution in [-0.4, -0.2) is 0 Å². The molecule has 0 N–H and O–H groups in total. The lowest BCUT2D eigenvalue weighted by atomic mass is 9.99. The molecular formula is C12H17. The molecule has 12 heavy (non-hydrogen) atoms. The maximum absolute atomic E-state index is 2.29. The Morgan fingerprint density at radius 1 is 1.00 bits per heavy atom. The normalized spacial score (nSPS) is 10.8. The predicted octanol–water partition coefficient (Wildman–Crippen LogP) is 3.51.